The molecule has 336 valence electrons. The lowest BCUT2D eigenvalue weighted by Gasteiger charge is -2.40. The Morgan fingerprint density at radius 1 is 0.672 bits per heavy atom. The Bertz CT molecular complexity index is 1280. The third-order valence-corrected chi connectivity index (χ3v) is 10.8. The van der Waals surface area contributed by atoms with Gasteiger partial charge >= 0.3 is 11.9 Å². The molecule has 13 heteroatoms. The SMILES string of the molecule is CCCCCCCC=C=CCCCCCCCC(=O)OC[C@H](CO[C@H]1O[C@H](CS(=O)(=O)O)[C@@H](O)C(O)C1O)OC(=O)/C=C/C=C/CCCCCCCCCCCCC. The number of hydrogen-bond donors (Lipinski definition) is 4. The molecule has 0 radical (unpaired) electrons. The highest BCUT2D eigenvalue weighted by molar-refractivity contribution is 7.85. The molecule has 0 amide bonds. The highest BCUT2D eigenvalue weighted by Crippen LogP contribution is 2.24. The van der Waals surface area contributed by atoms with Crippen molar-refractivity contribution >= 4 is 22.1 Å². The van der Waals surface area contributed by atoms with Crippen molar-refractivity contribution in [3.63, 3.8) is 0 Å². The molecule has 1 aliphatic rings. The van der Waals surface area contributed by atoms with E-state index in [0.717, 1.165) is 57.8 Å². The predicted molar refractivity (Wildman–Crippen MR) is 228 cm³/mol. The van der Waals surface area contributed by atoms with Crippen LogP contribution < -0.4 is 0 Å². The molecule has 0 aliphatic carbocycles. The molecule has 58 heavy (non-hydrogen) atoms. The van der Waals surface area contributed by atoms with Crippen LogP contribution >= 0.6 is 0 Å². The Kier molecular flexibility index (Phi) is 32.8. The van der Waals surface area contributed by atoms with Gasteiger partial charge in [0.1, 0.15) is 36.8 Å². The molecule has 0 aromatic heterocycles. The van der Waals surface area contributed by atoms with Gasteiger partial charge in [0.05, 0.1) is 6.61 Å². The van der Waals surface area contributed by atoms with Crippen molar-refractivity contribution in [3.05, 3.63) is 42.2 Å². The fourth-order valence-electron chi connectivity index (χ4n) is 6.56. The van der Waals surface area contributed by atoms with Gasteiger partial charge in [0, 0.05) is 12.5 Å². The van der Waals surface area contributed by atoms with Crippen LogP contribution in [0.5, 0.6) is 0 Å². The number of hydrogen-bond acceptors (Lipinski definition) is 11. The zero-order chi connectivity index (χ0) is 42.7. The summed E-state index contributed by atoms with van der Waals surface area (Å²) in [6.45, 7) is 3.62. The Labute approximate surface area is 350 Å². The van der Waals surface area contributed by atoms with Crippen molar-refractivity contribution in [2.75, 3.05) is 19.0 Å². The second-order valence-electron chi connectivity index (χ2n) is 15.5. The molecule has 0 bridgehead atoms. The number of aliphatic hydroxyl groups excluding tert-OH is 3. The number of carbonyl (C=O) groups is 2. The zero-order valence-corrected chi connectivity index (χ0v) is 36.5. The highest BCUT2D eigenvalue weighted by atomic mass is 32.2. The number of carbonyl (C=O) groups excluding carboxylic acids is 2. The molecule has 1 heterocycles. The molecule has 1 rings (SSSR count). The minimum absolute atomic E-state index is 0.179. The summed E-state index contributed by atoms with van der Waals surface area (Å²) < 4.78 is 53.8. The summed E-state index contributed by atoms with van der Waals surface area (Å²) in [5.74, 6) is -2.27. The lowest BCUT2D eigenvalue weighted by molar-refractivity contribution is -0.297. The molecule has 4 N–H and O–H groups in total. The van der Waals surface area contributed by atoms with E-state index in [9.17, 15) is 37.9 Å². The average Bonchev–Trinajstić information content (AvgIpc) is 3.18. The van der Waals surface area contributed by atoms with Gasteiger partial charge in [-0.3, -0.25) is 9.35 Å². The molecule has 0 spiro atoms. The molecule has 2 unspecified atom stereocenters. The second kappa shape index (κ2) is 35.4. The van der Waals surface area contributed by atoms with Gasteiger partial charge in [-0.2, -0.15) is 8.42 Å². The first kappa shape index (κ1) is 53.7. The summed E-state index contributed by atoms with van der Waals surface area (Å²) in [5.41, 5.74) is 3.27. The summed E-state index contributed by atoms with van der Waals surface area (Å²) in [6.07, 6.45) is 28.9. The van der Waals surface area contributed by atoms with Gasteiger partial charge in [0.2, 0.25) is 0 Å². The summed E-state index contributed by atoms with van der Waals surface area (Å²) in [7, 11) is -4.61. The van der Waals surface area contributed by atoms with Crippen LogP contribution in [-0.2, 0) is 38.7 Å². The Balaban J connectivity index is 2.53. The van der Waals surface area contributed by atoms with Crippen molar-refractivity contribution in [3.8, 4) is 0 Å². The molecule has 1 aliphatic heterocycles. The molecular formula is C45H78O12S. The third kappa shape index (κ3) is 29.8. The van der Waals surface area contributed by atoms with E-state index in [1.165, 1.54) is 96.0 Å². The first-order valence-corrected chi connectivity index (χ1v) is 23.9. The summed E-state index contributed by atoms with van der Waals surface area (Å²) in [4.78, 5) is 25.2. The number of rotatable bonds is 36. The van der Waals surface area contributed by atoms with Crippen LogP contribution in [0.15, 0.2) is 42.2 Å². The van der Waals surface area contributed by atoms with Crippen LogP contribution in [0.4, 0.5) is 0 Å². The Morgan fingerprint density at radius 2 is 1.19 bits per heavy atom. The summed E-state index contributed by atoms with van der Waals surface area (Å²) in [6, 6.07) is 0. The van der Waals surface area contributed by atoms with Crippen LogP contribution in [0.3, 0.4) is 0 Å². The van der Waals surface area contributed by atoms with Crippen molar-refractivity contribution in [1.29, 1.82) is 0 Å². The topological polar surface area (TPSA) is 186 Å². The van der Waals surface area contributed by atoms with Crippen LogP contribution in [-0.4, -0.2) is 96.0 Å². The van der Waals surface area contributed by atoms with E-state index >= 15 is 0 Å². The Hall–Kier alpha value is -2.35. The van der Waals surface area contributed by atoms with E-state index in [4.69, 9.17) is 18.9 Å². The van der Waals surface area contributed by atoms with E-state index < -0.39 is 71.2 Å². The van der Waals surface area contributed by atoms with E-state index in [2.05, 4.69) is 31.7 Å². The molecule has 1 saturated heterocycles. The fraction of sp³-hybridized carbons (Fsp3) is 0.800. The molecule has 0 aromatic rings. The smallest absolute Gasteiger partial charge is 0.331 e. The van der Waals surface area contributed by atoms with E-state index in [0.29, 0.717) is 6.42 Å². The molecule has 6 atom stereocenters. The maximum atomic E-state index is 12.7. The fourth-order valence-corrected chi connectivity index (χ4v) is 7.25. The quantitative estimate of drug-likeness (QED) is 0.0118. The molecule has 0 aromatic carbocycles. The standard InChI is InChI=1S/C45H78O12S/c1-3-5-7-9-11-13-15-17-19-21-23-25-27-29-31-33-40(46)54-35-38(36-55-45-44(50)43(49)42(48)39(57-45)37-58(51,52)53)56-41(47)34-32-30-28-26-24-22-20-18-16-14-12-10-8-6-4-2/h15,19,28,30,32,34,38-39,42-45,48-50H,3-14,16,18,20-27,29,31,33,35-37H2,1-2H3,(H,51,52,53)/b30-28+,34-32+/t17?,38-,39-,42-,43?,44?,45+/m1/s1. The van der Waals surface area contributed by atoms with Crippen molar-refractivity contribution in [2.24, 2.45) is 0 Å². The molecule has 1 fully saturated rings. The first-order valence-electron chi connectivity index (χ1n) is 22.3. The molecular weight excluding hydrogens is 765 g/mol. The lowest BCUT2D eigenvalue weighted by Crippen LogP contribution is -2.60. The predicted octanol–water partition coefficient (Wildman–Crippen LogP) is 8.77. The summed E-state index contributed by atoms with van der Waals surface area (Å²) in [5, 5.41) is 30.8. The number of ether oxygens (including phenoxy) is 4. The third-order valence-electron chi connectivity index (χ3n) is 10.1. The minimum Gasteiger partial charge on any atom is -0.462 e. The second-order valence-corrected chi connectivity index (χ2v) is 17.0. The van der Waals surface area contributed by atoms with Crippen LogP contribution in [0, 0.1) is 0 Å². The zero-order valence-electron chi connectivity index (χ0n) is 35.7. The summed E-state index contributed by atoms with van der Waals surface area (Å²) >= 11 is 0. The highest BCUT2D eigenvalue weighted by Gasteiger charge is 2.46. The van der Waals surface area contributed by atoms with Gasteiger partial charge in [-0.05, 0) is 57.1 Å². The van der Waals surface area contributed by atoms with Gasteiger partial charge in [0.25, 0.3) is 10.1 Å². The van der Waals surface area contributed by atoms with Crippen LogP contribution in [0.2, 0.25) is 0 Å². The van der Waals surface area contributed by atoms with Crippen LogP contribution in [0.25, 0.3) is 0 Å². The van der Waals surface area contributed by atoms with Crippen molar-refractivity contribution < 1.29 is 56.8 Å². The molecule has 0 saturated carbocycles. The monoisotopic (exact) mass is 843 g/mol. The van der Waals surface area contributed by atoms with E-state index in [-0.39, 0.29) is 13.0 Å². The van der Waals surface area contributed by atoms with Gasteiger partial charge in [-0.15, -0.1) is 5.73 Å². The number of unbranched alkanes of at least 4 members (excludes halogenated alkanes) is 21. The van der Waals surface area contributed by atoms with Crippen LogP contribution in [0.1, 0.15) is 174 Å². The number of aliphatic hydroxyl groups is 3. The van der Waals surface area contributed by atoms with Gasteiger partial charge in [-0.1, -0.05) is 141 Å². The average molecular weight is 843 g/mol. The molecule has 12 nitrogen and oxygen atoms in total. The largest absolute Gasteiger partial charge is 0.462 e. The van der Waals surface area contributed by atoms with Gasteiger partial charge < -0.3 is 34.3 Å². The van der Waals surface area contributed by atoms with Gasteiger partial charge in [0.15, 0.2) is 12.4 Å². The normalized spacial score (nSPS) is 20.3. The minimum atomic E-state index is -4.61. The number of allylic oxidation sites excluding steroid dienone is 4. The first-order chi connectivity index (χ1) is 28.0. The number of esters is 2. The van der Waals surface area contributed by atoms with E-state index in [1.807, 2.05) is 6.08 Å². The van der Waals surface area contributed by atoms with Gasteiger partial charge in [-0.25, -0.2) is 4.79 Å². The van der Waals surface area contributed by atoms with Crippen molar-refractivity contribution in [2.45, 2.75) is 211 Å². The maximum Gasteiger partial charge on any atom is 0.331 e. The maximum absolute atomic E-state index is 12.7. The van der Waals surface area contributed by atoms with Crippen molar-refractivity contribution in [1.82, 2.24) is 0 Å². The Morgan fingerprint density at radius 3 is 1.74 bits per heavy atom. The van der Waals surface area contributed by atoms with E-state index in [1.54, 1.807) is 12.2 Å². The lowest BCUT2D eigenvalue weighted by atomic mass is 10.00.